The summed E-state index contributed by atoms with van der Waals surface area (Å²) >= 11 is 0. The van der Waals surface area contributed by atoms with Gasteiger partial charge in [0.2, 0.25) is 0 Å². The van der Waals surface area contributed by atoms with Crippen LogP contribution in [0, 0.1) is 5.92 Å². The number of aliphatic hydroxyl groups is 1. The van der Waals surface area contributed by atoms with Crippen molar-refractivity contribution in [1.82, 2.24) is 15.5 Å². The molecule has 6 heteroatoms. The molecule has 0 aliphatic rings. The van der Waals surface area contributed by atoms with Crippen LogP contribution in [0.15, 0.2) is 35.3 Å². The Morgan fingerprint density at radius 3 is 2.35 bits per heavy atom. The van der Waals surface area contributed by atoms with Crippen LogP contribution < -0.4 is 10.6 Å². The van der Waals surface area contributed by atoms with Gasteiger partial charge in [0.15, 0.2) is 5.96 Å². The lowest BCUT2D eigenvalue weighted by Gasteiger charge is -2.26. The van der Waals surface area contributed by atoms with Crippen LogP contribution in [-0.4, -0.2) is 56.3 Å². The van der Waals surface area contributed by atoms with Crippen LogP contribution in [0.25, 0.3) is 0 Å². The van der Waals surface area contributed by atoms with E-state index in [-0.39, 0.29) is 36.6 Å². The van der Waals surface area contributed by atoms with Gasteiger partial charge in [0.25, 0.3) is 0 Å². The maximum atomic E-state index is 9.21. The van der Waals surface area contributed by atoms with Gasteiger partial charge in [0.1, 0.15) is 0 Å². The zero-order valence-electron chi connectivity index (χ0n) is 16.7. The average molecular weight is 476 g/mol. The molecule has 0 heterocycles. The lowest BCUT2D eigenvalue weighted by molar-refractivity contribution is 0.253. The Morgan fingerprint density at radius 2 is 1.81 bits per heavy atom. The molecule has 150 valence electrons. The predicted molar refractivity (Wildman–Crippen MR) is 122 cm³/mol. The summed E-state index contributed by atoms with van der Waals surface area (Å²) in [5.74, 6) is 1.30. The Balaban J connectivity index is 0.00000625. The first-order valence-corrected chi connectivity index (χ1v) is 9.46. The third-order valence-corrected chi connectivity index (χ3v) is 4.36. The van der Waals surface area contributed by atoms with Crippen molar-refractivity contribution in [3.8, 4) is 0 Å². The Bertz CT molecular complexity index is 476. The molecule has 26 heavy (non-hydrogen) atoms. The van der Waals surface area contributed by atoms with Crippen LogP contribution >= 0.6 is 24.0 Å². The quantitative estimate of drug-likeness (QED) is 0.261. The average Bonchev–Trinajstić information content (AvgIpc) is 2.60. The number of rotatable bonds is 11. The number of guanidine groups is 1. The summed E-state index contributed by atoms with van der Waals surface area (Å²) < 4.78 is 0. The molecule has 0 aliphatic heterocycles. The topological polar surface area (TPSA) is 59.9 Å². The van der Waals surface area contributed by atoms with E-state index in [9.17, 15) is 5.11 Å². The number of benzene rings is 1. The second-order valence-corrected chi connectivity index (χ2v) is 6.66. The second kappa shape index (κ2) is 15.2. The molecule has 0 spiro atoms. The fourth-order valence-electron chi connectivity index (χ4n) is 2.95. The molecule has 0 aromatic heterocycles. The van der Waals surface area contributed by atoms with Gasteiger partial charge in [-0.15, -0.1) is 24.0 Å². The van der Waals surface area contributed by atoms with E-state index in [0.717, 1.165) is 44.9 Å². The molecule has 0 aliphatic carbocycles. The maximum absolute atomic E-state index is 9.21. The van der Waals surface area contributed by atoms with E-state index < -0.39 is 0 Å². The molecular formula is C20H37IN4O. The van der Waals surface area contributed by atoms with Gasteiger partial charge >= 0.3 is 0 Å². The van der Waals surface area contributed by atoms with E-state index >= 15 is 0 Å². The Kier molecular flexibility index (Phi) is 14.7. The van der Waals surface area contributed by atoms with Gasteiger partial charge < -0.3 is 20.6 Å². The summed E-state index contributed by atoms with van der Waals surface area (Å²) in [7, 11) is 4.20. The molecule has 0 amide bonds. The van der Waals surface area contributed by atoms with Gasteiger partial charge in [0, 0.05) is 26.2 Å². The van der Waals surface area contributed by atoms with Crippen molar-refractivity contribution >= 4 is 29.9 Å². The standard InChI is InChI=1S/C20H36N4O.HI/c1-5-10-17(13-14-25)15-22-20(21-6-2)23-16-19(24(3)4)18-11-8-7-9-12-18;/h7-9,11-12,17,19,25H,5-6,10,13-16H2,1-4H3,(H2,21,22,23);1H. The van der Waals surface area contributed by atoms with Crippen molar-refractivity contribution in [1.29, 1.82) is 0 Å². The molecule has 0 radical (unpaired) electrons. The molecule has 1 rings (SSSR count). The van der Waals surface area contributed by atoms with E-state index in [0.29, 0.717) is 5.92 Å². The van der Waals surface area contributed by atoms with Crippen LogP contribution in [0.3, 0.4) is 0 Å². The normalized spacial score (nSPS) is 13.8. The summed E-state index contributed by atoms with van der Waals surface area (Å²) in [6.07, 6.45) is 3.05. The van der Waals surface area contributed by atoms with E-state index in [1.54, 1.807) is 0 Å². The monoisotopic (exact) mass is 476 g/mol. The maximum Gasteiger partial charge on any atom is 0.191 e. The highest BCUT2D eigenvalue weighted by atomic mass is 127. The number of nitrogens with one attached hydrogen (secondary N) is 2. The number of hydrogen-bond donors (Lipinski definition) is 3. The highest BCUT2D eigenvalue weighted by molar-refractivity contribution is 14.0. The van der Waals surface area contributed by atoms with Gasteiger partial charge in [-0.3, -0.25) is 4.99 Å². The summed E-state index contributed by atoms with van der Waals surface area (Å²) in [6, 6.07) is 10.8. The van der Waals surface area contributed by atoms with Crippen molar-refractivity contribution < 1.29 is 5.11 Å². The largest absolute Gasteiger partial charge is 0.396 e. The minimum atomic E-state index is 0. The first kappa shape index (κ1) is 25.1. The van der Waals surface area contributed by atoms with Crippen LogP contribution in [-0.2, 0) is 0 Å². The SMILES string of the molecule is CCCC(CCO)CN=C(NCC)NCC(c1ccccc1)N(C)C.I. The Labute approximate surface area is 176 Å². The third-order valence-electron chi connectivity index (χ3n) is 4.36. The molecule has 1 aromatic carbocycles. The number of nitrogens with zero attached hydrogens (tertiary/aromatic N) is 2. The number of halogens is 1. The lowest BCUT2D eigenvalue weighted by atomic mass is 10.0. The first-order chi connectivity index (χ1) is 12.1. The number of hydrogen-bond acceptors (Lipinski definition) is 3. The third kappa shape index (κ3) is 9.73. The molecule has 5 nitrogen and oxygen atoms in total. The Morgan fingerprint density at radius 1 is 1.12 bits per heavy atom. The highest BCUT2D eigenvalue weighted by Gasteiger charge is 2.14. The van der Waals surface area contributed by atoms with Crippen LogP contribution in [0.4, 0.5) is 0 Å². The molecule has 0 fully saturated rings. The summed E-state index contributed by atoms with van der Waals surface area (Å²) in [6.45, 7) is 6.88. The van der Waals surface area contributed by atoms with Gasteiger partial charge in [-0.05, 0) is 45.3 Å². The van der Waals surface area contributed by atoms with Gasteiger partial charge in [-0.25, -0.2) is 0 Å². The van der Waals surface area contributed by atoms with Crippen LogP contribution in [0.2, 0.25) is 0 Å². The van der Waals surface area contributed by atoms with E-state index in [2.05, 4.69) is 67.7 Å². The highest BCUT2D eigenvalue weighted by Crippen LogP contribution is 2.16. The number of aliphatic imine (C=N–C) groups is 1. The summed E-state index contributed by atoms with van der Waals surface area (Å²) in [5, 5.41) is 16.0. The molecule has 0 saturated carbocycles. The van der Waals surface area contributed by atoms with E-state index in [4.69, 9.17) is 4.99 Å². The molecular weight excluding hydrogens is 439 g/mol. The van der Waals surface area contributed by atoms with Gasteiger partial charge in [0.05, 0.1) is 6.04 Å². The minimum Gasteiger partial charge on any atom is -0.396 e. The second-order valence-electron chi connectivity index (χ2n) is 6.66. The number of likely N-dealkylation sites (N-methyl/N-ethyl adjacent to an activating group) is 1. The van der Waals surface area contributed by atoms with Crippen molar-refractivity contribution in [3.05, 3.63) is 35.9 Å². The van der Waals surface area contributed by atoms with Crippen LogP contribution in [0.1, 0.15) is 44.7 Å². The van der Waals surface area contributed by atoms with Crippen LogP contribution in [0.5, 0.6) is 0 Å². The smallest absolute Gasteiger partial charge is 0.191 e. The van der Waals surface area contributed by atoms with Gasteiger partial charge in [-0.2, -0.15) is 0 Å². The van der Waals surface area contributed by atoms with Crippen molar-refractivity contribution in [2.75, 3.05) is 40.3 Å². The van der Waals surface area contributed by atoms with Crippen molar-refractivity contribution in [2.45, 2.75) is 39.2 Å². The molecule has 2 unspecified atom stereocenters. The van der Waals surface area contributed by atoms with Crippen molar-refractivity contribution in [2.24, 2.45) is 10.9 Å². The fourth-order valence-corrected chi connectivity index (χ4v) is 2.95. The predicted octanol–water partition coefficient (Wildman–Crippen LogP) is 3.26. The zero-order chi connectivity index (χ0) is 18.5. The fraction of sp³-hybridized carbons (Fsp3) is 0.650. The Hall–Kier alpha value is -0.860. The molecule has 0 bridgehead atoms. The van der Waals surface area contributed by atoms with Crippen molar-refractivity contribution in [3.63, 3.8) is 0 Å². The minimum absolute atomic E-state index is 0. The van der Waals surface area contributed by atoms with E-state index in [1.807, 2.05) is 6.07 Å². The lowest BCUT2D eigenvalue weighted by Crippen LogP contribution is -2.42. The van der Waals surface area contributed by atoms with E-state index in [1.165, 1.54) is 5.56 Å². The molecule has 0 saturated heterocycles. The molecule has 3 N–H and O–H groups in total. The summed E-state index contributed by atoms with van der Waals surface area (Å²) in [5.41, 5.74) is 1.29. The summed E-state index contributed by atoms with van der Waals surface area (Å²) in [4.78, 5) is 6.96. The van der Waals surface area contributed by atoms with Gasteiger partial charge in [-0.1, -0.05) is 43.7 Å². The zero-order valence-corrected chi connectivity index (χ0v) is 19.1. The number of aliphatic hydroxyl groups excluding tert-OH is 1. The molecule has 2 atom stereocenters. The molecule has 1 aromatic rings. The first-order valence-electron chi connectivity index (χ1n) is 9.46.